The van der Waals surface area contributed by atoms with Gasteiger partial charge in [-0.15, -0.1) is 0 Å². The molecule has 1 aliphatic heterocycles. The molecule has 0 atom stereocenters. The Balaban J connectivity index is 1.49. The third kappa shape index (κ3) is 4.92. The molecule has 2 aromatic rings. The minimum absolute atomic E-state index is 0.134. The molecule has 0 radical (unpaired) electrons. The van der Waals surface area contributed by atoms with Crippen LogP contribution < -0.4 is 0 Å². The molecular formula is C18H19Cl2N3O2. The molecule has 2 aromatic carbocycles. The normalized spacial score (nSPS) is 16.1. The maximum atomic E-state index is 10.7. The molecule has 1 heterocycles. The van der Waals surface area contributed by atoms with Crippen molar-refractivity contribution in [2.45, 2.75) is 13.1 Å². The molecular weight excluding hydrogens is 361 g/mol. The molecule has 132 valence electrons. The fourth-order valence-electron chi connectivity index (χ4n) is 2.98. The molecule has 0 N–H and O–H groups in total. The maximum absolute atomic E-state index is 10.7. The molecule has 1 aliphatic rings. The van der Waals surface area contributed by atoms with E-state index in [-0.39, 0.29) is 10.6 Å². The van der Waals surface area contributed by atoms with Crippen LogP contribution in [-0.2, 0) is 13.1 Å². The van der Waals surface area contributed by atoms with E-state index < -0.39 is 0 Å². The Morgan fingerprint density at radius 2 is 1.36 bits per heavy atom. The summed E-state index contributed by atoms with van der Waals surface area (Å²) in [6, 6.07) is 12.6. The molecule has 0 spiro atoms. The highest BCUT2D eigenvalue weighted by Gasteiger charge is 2.17. The first kappa shape index (κ1) is 18.1. The number of nitro benzene ring substituents is 1. The van der Waals surface area contributed by atoms with E-state index in [1.54, 1.807) is 12.1 Å². The first-order valence-corrected chi connectivity index (χ1v) is 8.89. The molecule has 0 bridgehead atoms. The van der Waals surface area contributed by atoms with Gasteiger partial charge in [0, 0.05) is 51.4 Å². The molecule has 25 heavy (non-hydrogen) atoms. The summed E-state index contributed by atoms with van der Waals surface area (Å²) in [5, 5.41) is 11.9. The summed E-state index contributed by atoms with van der Waals surface area (Å²) in [5.41, 5.74) is 2.40. The molecule has 0 saturated carbocycles. The molecule has 7 heteroatoms. The van der Waals surface area contributed by atoms with Crippen LogP contribution in [-0.4, -0.2) is 40.9 Å². The minimum atomic E-state index is -0.369. The third-order valence-corrected chi connectivity index (χ3v) is 5.15. The van der Waals surface area contributed by atoms with Crippen LogP contribution in [0, 0.1) is 10.1 Å². The van der Waals surface area contributed by atoms with Gasteiger partial charge in [0.15, 0.2) is 0 Å². The zero-order valence-electron chi connectivity index (χ0n) is 13.7. The van der Waals surface area contributed by atoms with Crippen molar-refractivity contribution in [3.63, 3.8) is 0 Å². The average molecular weight is 380 g/mol. The molecule has 1 fully saturated rings. The summed E-state index contributed by atoms with van der Waals surface area (Å²) >= 11 is 12.0. The van der Waals surface area contributed by atoms with Gasteiger partial charge in [0.2, 0.25) is 0 Å². The fourth-order valence-corrected chi connectivity index (χ4v) is 3.30. The molecule has 0 unspecified atom stereocenters. The van der Waals surface area contributed by atoms with Gasteiger partial charge in [-0.1, -0.05) is 41.4 Å². The van der Waals surface area contributed by atoms with E-state index >= 15 is 0 Å². The van der Waals surface area contributed by atoms with E-state index in [1.165, 1.54) is 5.56 Å². The van der Waals surface area contributed by atoms with Gasteiger partial charge in [-0.2, -0.15) is 0 Å². The molecule has 1 saturated heterocycles. The van der Waals surface area contributed by atoms with Crippen molar-refractivity contribution in [2.75, 3.05) is 26.2 Å². The Morgan fingerprint density at radius 1 is 0.840 bits per heavy atom. The van der Waals surface area contributed by atoms with Crippen molar-refractivity contribution in [3.8, 4) is 0 Å². The summed E-state index contributed by atoms with van der Waals surface area (Å²) in [7, 11) is 0. The number of rotatable bonds is 5. The van der Waals surface area contributed by atoms with E-state index in [4.69, 9.17) is 23.2 Å². The number of halogens is 2. The smallest absolute Gasteiger partial charge is 0.269 e. The lowest BCUT2D eigenvalue weighted by Gasteiger charge is -2.34. The van der Waals surface area contributed by atoms with Crippen LogP contribution in [0.25, 0.3) is 0 Å². The van der Waals surface area contributed by atoms with Gasteiger partial charge in [-0.3, -0.25) is 19.9 Å². The van der Waals surface area contributed by atoms with E-state index in [1.807, 2.05) is 30.3 Å². The lowest BCUT2D eigenvalue weighted by Crippen LogP contribution is -2.45. The predicted octanol–water partition coefficient (Wildman–Crippen LogP) is 4.22. The van der Waals surface area contributed by atoms with Crippen LogP contribution in [0.5, 0.6) is 0 Å². The summed E-state index contributed by atoms with van der Waals surface area (Å²) in [6.07, 6.45) is 0. The summed E-state index contributed by atoms with van der Waals surface area (Å²) < 4.78 is 0. The van der Waals surface area contributed by atoms with Crippen LogP contribution in [0.15, 0.2) is 42.5 Å². The van der Waals surface area contributed by atoms with E-state index in [0.29, 0.717) is 10.0 Å². The number of hydrogen-bond donors (Lipinski definition) is 0. The summed E-state index contributed by atoms with van der Waals surface area (Å²) in [5.74, 6) is 0. The SMILES string of the molecule is O=[N+]([O-])c1ccc(CN2CCN(Cc3ccc(Cl)c(Cl)c3)CC2)cc1. The van der Waals surface area contributed by atoms with Crippen LogP contribution in [0.1, 0.15) is 11.1 Å². The van der Waals surface area contributed by atoms with Crippen molar-refractivity contribution < 1.29 is 4.92 Å². The Hall–Kier alpha value is -1.66. The van der Waals surface area contributed by atoms with Crippen molar-refractivity contribution in [1.82, 2.24) is 9.80 Å². The Labute approximate surface area is 156 Å². The van der Waals surface area contributed by atoms with E-state index in [9.17, 15) is 10.1 Å². The Kier molecular flexibility index (Phi) is 5.91. The number of hydrogen-bond acceptors (Lipinski definition) is 4. The van der Waals surface area contributed by atoms with Gasteiger partial charge >= 0.3 is 0 Å². The zero-order valence-corrected chi connectivity index (χ0v) is 15.2. The number of nitro groups is 1. The number of piperazine rings is 1. The highest BCUT2D eigenvalue weighted by molar-refractivity contribution is 6.42. The second-order valence-electron chi connectivity index (χ2n) is 6.22. The highest BCUT2D eigenvalue weighted by Crippen LogP contribution is 2.23. The van der Waals surface area contributed by atoms with Crippen molar-refractivity contribution >= 4 is 28.9 Å². The standard InChI is InChI=1S/C18H19Cl2N3O2/c19-17-6-3-15(11-18(17)20)13-22-9-7-21(8-10-22)12-14-1-4-16(5-2-14)23(24)25/h1-6,11H,7-10,12-13H2. The highest BCUT2D eigenvalue weighted by atomic mass is 35.5. The van der Waals surface area contributed by atoms with Crippen LogP contribution in [0.3, 0.4) is 0 Å². The first-order chi connectivity index (χ1) is 12.0. The largest absolute Gasteiger partial charge is 0.297 e. The number of benzene rings is 2. The van der Waals surface area contributed by atoms with E-state index in [0.717, 1.165) is 44.8 Å². The van der Waals surface area contributed by atoms with Crippen molar-refractivity contribution in [1.29, 1.82) is 0 Å². The number of non-ortho nitro benzene ring substituents is 1. The second-order valence-corrected chi connectivity index (χ2v) is 7.04. The Bertz CT molecular complexity index is 744. The predicted molar refractivity (Wildman–Crippen MR) is 100 cm³/mol. The molecule has 0 aromatic heterocycles. The van der Waals surface area contributed by atoms with Gasteiger partial charge in [0.25, 0.3) is 5.69 Å². The lowest BCUT2D eigenvalue weighted by atomic mass is 10.1. The third-order valence-electron chi connectivity index (χ3n) is 4.41. The van der Waals surface area contributed by atoms with Crippen LogP contribution in [0.2, 0.25) is 10.0 Å². The van der Waals surface area contributed by atoms with Crippen molar-refractivity contribution in [3.05, 3.63) is 73.8 Å². The van der Waals surface area contributed by atoms with Gasteiger partial charge in [0.05, 0.1) is 15.0 Å². The van der Waals surface area contributed by atoms with E-state index in [2.05, 4.69) is 9.80 Å². The second kappa shape index (κ2) is 8.15. The molecule has 0 amide bonds. The fraction of sp³-hybridized carbons (Fsp3) is 0.333. The number of nitrogens with zero attached hydrogens (tertiary/aromatic N) is 3. The zero-order chi connectivity index (χ0) is 17.8. The summed E-state index contributed by atoms with van der Waals surface area (Å²) in [4.78, 5) is 15.1. The van der Waals surface area contributed by atoms with Crippen LogP contribution in [0.4, 0.5) is 5.69 Å². The quantitative estimate of drug-likeness (QED) is 0.576. The van der Waals surface area contributed by atoms with Crippen molar-refractivity contribution in [2.24, 2.45) is 0 Å². The molecule has 0 aliphatic carbocycles. The van der Waals surface area contributed by atoms with Gasteiger partial charge in [0.1, 0.15) is 0 Å². The summed E-state index contributed by atoms with van der Waals surface area (Å²) in [6.45, 7) is 5.58. The minimum Gasteiger partial charge on any atom is -0.297 e. The topological polar surface area (TPSA) is 49.6 Å². The first-order valence-electron chi connectivity index (χ1n) is 8.13. The average Bonchev–Trinajstić information content (AvgIpc) is 2.60. The maximum Gasteiger partial charge on any atom is 0.269 e. The van der Waals surface area contributed by atoms with Crippen LogP contribution >= 0.6 is 23.2 Å². The molecule has 3 rings (SSSR count). The molecule has 5 nitrogen and oxygen atoms in total. The van der Waals surface area contributed by atoms with Gasteiger partial charge in [-0.05, 0) is 23.3 Å². The Morgan fingerprint density at radius 3 is 1.88 bits per heavy atom. The lowest BCUT2D eigenvalue weighted by molar-refractivity contribution is -0.384. The van der Waals surface area contributed by atoms with Gasteiger partial charge in [-0.25, -0.2) is 0 Å². The monoisotopic (exact) mass is 379 g/mol. The van der Waals surface area contributed by atoms with Gasteiger partial charge < -0.3 is 0 Å².